The maximum atomic E-state index is 10.9. The number of rotatable bonds is 6. The van der Waals surface area contributed by atoms with Crippen LogP contribution in [0, 0.1) is 5.92 Å². The molecule has 1 atom stereocenters. The van der Waals surface area contributed by atoms with E-state index in [2.05, 4.69) is 18.6 Å². The molecule has 2 N–H and O–H groups in total. The lowest BCUT2D eigenvalue weighted by molar-refractivity contribution is -0.139. The summed E-state index contributed by atoms with van der Waals surface area (Å²) in [6.07, 6.45) is 2.64. The van der Waals surface area contributed by atoms with Crippen molar-refractivity contribution in [3.8, 4) is 0 Å². The fourth-order valence-electron chi connectivity index (χ4n) is 1.09. The Balaban J connectivity index is 0.000000711. The highest BCUT2D eigenvalue weighted by molar-refractivity contribution is 7.97. The van der Waals surface area contributed by atoms with Crippen molar-refractivity contribution in [3.63, 3.8) is 0 Å². The minimum Gasteiger partial charge on any atom is -0.480 e. The van der Waals surface area contributed by atoms with Crippen molar-refractivity contribution < 1.29 is 9.90 Å². The summed E-state index contributed by atoms with van der Waals surface area (Å²) < 4.78 is 2.95. The first-order valence-corrected chi connectivity index (χ1v) is 7.54. The molecule has 108 valence electrons. The summed E-state index contributed by atoms with van der Waals surface area (Å²) in [5, 5.41) is 8.95. The molecule has 0 aliphatic heterocycles. The van der Waals surface area contributed by atoms with Crippen molar-refractivity contribution in [3.05, 3.63) is 30.3 Å². The van der Waals surface area contributed by atoms with Crippen molar-refractivity contribution in [2.75, 3.05) is 0 Å². The molecule has 0 spiro atoms. The number of carbonyl (C=O) groups is 1. The molecule has 1 aromatic rings. The molecule has 3 nitrogen and oxygen atoms in total. The van der Waals surface area contributed by atoms with E-state index in [9.17, 15) is 4.79 Å². The lowest BCUT2D eigenvalue weighted by atomic mass is 10.1. The molecule has 4 heteroatoms. The van der Waals surface area contributed by atoms with Gasteiger partial charge < -0.3 is 5.11 Å². The Morgan fingerprint density at radius 2 is 1.74 bits per heavy atom. The fraction of sp³-hybridized carbons (Fsp3) is 0.533. The fourth-order valence-corrected chi connectivity index (χ4v) is 2.02. The van der Waals surface area contributed by atoms with Crippen LogP contribution in [0.4, 0.5) is 0 Å². The van der Waals surface area contributed by atoms with Gasteiger partial charge in [0.15, 0.2) is 0 Å². The monoisotopic (exact) mass is 283 g/mol. The van der Waals surface area contributed by atoms with Crippen LogP contribution < -0.4 is 4.72 Å². The van der Waals surface area contributed by atoms with Crippen LogP contribution in [0.5, 0.6) is 0 Å². The summed E-state index contributed by atoms with van der Waals surface area (Å²) in [4.78, 5) is 11.9. The van der Waals surface area contributed by atoms with Crippen molar-refractivity contribution in [2.45, 2.75) is 51.5 Å². The summed E-state index contributed by atoms with van der Waals surface area (Å²) >= 11 is 1.35. The van der Waals surface area contributed by atoms with Gasteiger partial charge in [-0.3, -0.25) is 4.79 Å². The zero-order chi connectivity index (χ0) is 14.7. The second kappa shape index (κ2) is 10.9. The van der Waals surface area contributed by atoms with Crippen LogP contribution in [0.3, 0.4) is 0 Å². The zero-order valence-corrected chi connectivity index (χ0v) is 13.0. The highest BCUT2D eigenvalue weighted by Crippen LogP contribution is 2.16. The first-order chi connectivity index (χ1) is 9.02. The van der Waals surface area contributed by atoms with Gasteiger partial charge in [-0.05, 0) is 30.0 Å². The van der Waals surface area contributed by atoms with Crippen LogP contribution in [0.25, 0.3) is 0 Å². The smallest absolute Gasteiger partial charge is 0.321 e. The predicted molar refractivity (Wildman–Crippen MR) is 82.3 cm³/mol. The van der Waals surface area contributed by atoms with Crippen molar-refractivity contribution >= 4 is 17.9 Å². The van der Waals surface area contributed by atoms with Gasteiger partial charge in [-0.15, -0.1) is 0 Å². The summed E-state index contributed by atoms with van der Waals surface area (Å²) in [5.74, 6) is -0.743. The molecule has 0 amide bonds. The Labute approximate surface area is 120 Å². The van der Waals surface area contributed by atoms with E-state index in [1.807, 2.05) is 44.2 Å². The van der Waals surface area contributed by atoms with Crippen LogP contribution in [0.1, 0.15) is 40.5 Å². The molecule has 0 radical (unpaired) electrons. The Morgan fingerprint density at radius 3 is 2.11 bits per heavy atom. The van der Waals surface area contributed by atoms with Gasteiger partial charge in [-0.2, -0.15) is 0 Å². The molecule has 0 aliphatic rings. The molecular formula is C15H25NO2S. The number of carboxylic acids is 1. The van der Waals surface area contributed by atoms with Gasteiger partial charge in [0.25, 0.3) is 0 Å². The van der Waals surface area contributed by atoms with Gasteiger partial charge in [0, 0.05) is 4.90 Å². The van der Waals surface area contributed by atoms with E-state index >= 15 is 0 Å². The molecule has 1 unspecified atom stereocenters. The van der Waals surface area contributed by atoms with E-state index in [-0.39, 0.29) is 5.92 Å². The predicted octanol–water partition coefficient (Wildman–Crippen LogP) is 4.20. The van der Waals surface area contributed by atoms with E-state index < -0.39 is 12.0 Å². The minimum atomic E-state index is -0.812. The van der Waals surface area contributed by atoms with E-state index in [1.165, 1.54) is 24.8 Å². The number of hydrogen-bond acceptors (Lipinski definition) is 3. The highest BCUT2D eigenvalue weighted by Gasteiger charge is 2.20. The van der Waals surface area contributed by atoms with Gasteiger partial charge >= 0.3 is 5.97 Å². The number of carboxylic acid groups (broad SMARTS) is 1. The molecule has 0 heterocycles. The molecule has 0 saturated heterocycles. The third-order valence-corrected chi connectivity index (χ3v) is 3.36. The number of aliphatic carboxylic acids is 1. The minimum absolute atomic E-state index is 0.0683. The first kappa shape index (κ1) is 18.0. The second-order valence-corrected chi connectivity index (χ2v) is 5.50. The molecule has 1 aromatic carbocycles. The van der Waals surface area contributed by atoms with Crippen molar-refractivity contribution in [2.24, 2.45) is 5.92 Å². The first-order valence-electron chi connectivity index (χ1n) is 6.73. The largest absolute Gasteiger partial charge is 0.480 e. The Kier molecular flexibility index (Phi) is 10.3. The maximum Gasteiger partial charge on any atom is 0.321 e. The third-order valence-electron chi connectivity index (χ3n) is 2.48. The van der Waals surface area contributed by atoms with Crippen LogP contribution >= 0.6 is 11.9 Å². The quantitative estimate of drug-likeness (QED) is 0.768. The highest BCUT2D eigenvalue weighted by atomic mass is 32.2. The zero-order valence-electron chi connectivity index (χ0n) is 12.2. The average Bonchev–Trinajstić information content (AvgIpc) is 2.39. The number of hydrogen-bond donors (Lipinski definition) is 2. The Bertz CT molecular complexity index is 339. The average molecular weight is 283 g/mol. The number of unbranched alkanes of at least 4 members (excludes halogenated alkanes) is 1. The molecule has 1 rings (SSSR count). The molecule has 0 aliphatic carbocycles. The Morgan fingerprint density at radius 1 is 1.21 bits per heavy atom. The van der Waals surface area contributed by atoms with E-state index in [0.717, 1.165) is 4.90 Å². The van der Waals surface area contributed by atoms with E-state index in [1.54, 1.807) is 0 Å². The van der Waals surface area contributed by atoms with E-state index in [4.69, 9.17) is 5.11 Å². The molecule has 0 fully saturated rings. The lowest BCUT2D eigenvalue weighted by Gasteiger charge is -2.16. The van der Waals surface area contributed by atoms with Gasteiger partial charge in [0.1, 0.15) is 6.04 Å². The second-order valence-electron chi connectivity index (χ2n) is 4.59. The molecule has 0 bridgehead atoms. The van der Waals surface area contributed by atoms with Crippen LogP contribution in [0.2, 0.25) is 0 Å². The van der Waals surface area contributed by atoms with Crippen molar-refractivity contribution in [1.29, 1.82) is 0 Å². The van der Waals surface area contributed by atoms with E-state index in [0.29, 0.717) is 0 Å². The normalized spacial score (nSPS) is 11.6. The van der Waals surface area contributed by atoms with Gasteiger partial charge in [0.05, 0.1) is 0 Å². The standard InChI is InChI=1S/C11H15NO2S.C4H10/c1-8(2)10(11(13)14)12-15-9-6-4-3-5-7-9;1-3-4-2/h3-8,10,12H,1-2H3,(H,13,14);3-4H2,1-2H3. The lowest BCUT2D eigenvalue weighted by Crippen LogP contribution is -2.36. The molecule has 19 heavy (non-hydrogen) atoms. The van der Waals surface area contributed by atoms with Crippen LogP contribution in [-0.2, 0) is 4.79 Å². The number of benzene rings is 1. The summed E-state index contributed by atoms with van der Waals surface area (Å²) in [6, 6.07) is 9.15. The molecular weight excluding hydrogens is 258 g/mol. The topological polar surface area (TPSA) is 49.3 Å². The van der Waals surface area contributed by atoms with Gasteiger partial charge in [-0.1, -0.05) is 58.7 Å². The van der Waals surface area contributed by atoms with Crippen LogP contribution in [-0.4, -0.2) is 17.1 Å². The summed E-state index contributed by atoms with van der Waals surface area (Å²) in [7, 11) is 0. The van der Waals surface area contributed by atoms with Gasteiger partial charge in [0.2, 0.25) is 0 Å². The van der Waals surface area contributed by atoms with Crippen molar-refractivity contribution in [1.82, 2.24) is 4.72 Å². The Hall–Kier alpha value is -1.00. The molecule has 0 aromatic heterocycles. The summed E-state index contributed by atoms with van der Waals surface area (Å²) in [6.45, 7) is 8.13. The number of nitrogens with one attached hydrogen (secondary N) is 1. The maximum absolute atomic E-state index is 10.9. The molecule has 0 saturated carbocycles. The SMILES string of the molecule is CC(C)C(NSc1ccccc1)C(=O)O.CCCC. The summed E-state index contributed by atoms with van der Waals surface area (Å²) in [5.41, 5.74) is 0. The third kappa shape index (κ3) is 8.67. The van der Waals surface area contributed by atoms with Crippen LogP contribution in [0.15, 0.2) is 35.2 Å². The van der Waals surface area contributed by atoms with Gasteiger partial charge in [-0.25, -0.2) is 4.72 Å².